The number of carbonyl (C=O) groups excluding carboxylic acids is 3. The Bertz CT molecular complexity index is 1190. The summed E-state index contributed by atoms with van der Waals surface area (Å²) >= 11 is 1.41. The van der Waals surface area contributed by atoms with Crippen LogP contribution in [0.15, 0.2) is 45.6 Å². The molecule has 1 fully saturated rings. The second-order valence-electron chi connectivity index (χ2n) is 8.79. The Kier molecular flexibility index (Phi) is 8.11. The van der Waals surface area contributed by atoms with Crippen molar-refractivity contribution in [1.29, 1.82) is 0 Å². The number of esters is 1. The fourth-order valence-corrected chi connectivity index (χ4v) is 5.69. The first-order valence-electron chi connectivity index (χ1n) is 12.2. The predicted octanol–water partition coefficient (Wildman–Crippen LogP) is 2.92. The van der Waals surface area contributed by atoms with Crippen molar-refractivity contribution in [2.24, 2.45) is 4.99 Å². The number of ether oxygens (including phenoxy) is 3. The molecule has 1 atom stereocenters. The smallest absolute Gasteiger partial charge is 0.338 e. The van der Waals surface area contributed by atoms with Crippen molar-refractivity contribution in [1.82, 2.24) is 14.7 Å². The minimum absolute atomic E-state index is 0.0138. The minimum atomic E-state index is -0.625. The Balaban J connectivity index is 1.69. The van der Waals surface area contributed by atoms with Gasteiger partial charge in [0.15, 0.2) is 5.17 Å². The van der Waals surface area contributed by atoms with Crippen LogP contribution in [-0.2, 0) is 19.1 Å². The predicted molar refractivity (Wildman–Crippen MR) is 140 cm³/mol. The fourth-order valence-electron chi connectivity index (χ4n) is 4.72. The number of amides is 2. The van der Waals surface area contributed by atoms with E-state index in [-0.39, 0.29) is 24.8 Å². The molecule has 0 unspecified atom stereocenters. The first kappa shape index (κ1) is 26.6. The molecule has 4 rings (SSSR count). The lowest BCUT2D eigenvalue weighted by Gasteiger charge is -2.38. The zero-order valence-electron chi connectivity index (χ0n) is 21.8. The summed E-state index contributed by atoms with van der Waals surface area (Å²) in [5.41, 5.74) is 2.36. The van der Waals surface area contributed by atoms with Crippen LogP contribution in [0.25, 0.3) is 0 Å². The van der Waals surface area contributed by atoms with Crippen molar-refractivity contribution < 1.29 is 28.6 Å². The topological polar surface area (TPSA) is 101 Å². The van der Waals surface area contributed by atoms with Gasteiger partial charge in [0.1, 0.15) is 11.5 Å². The van der Waals surface area contributed by atoms with Crippen molar-refractivity contribution in [2.75, 3.05) is 47.0 Å². The van der Waals surface area contributed by atoms with E-state index in [1.165, 1.54) is 11.8 Å². The first-order chi connectivity index (χ1) is 17.8. The molecule has 0 aliphatic carbocycles. The van der Waals surface area contributed by atoms with E-state index in [2.05, 4.69) is 0 Å². The highest BCUT2D eigenvalue weighted by Gasteiger charge is 2.43. The summed E-state index contributed by atoms with van der Waals surface area (Å²) in [7, 11) is 3.15. The summed E-state index contributed by atoms with van der Waals surface area (Å²) in [4.78, 5) is 48.3. The normalized spacial score (nSPS) is 19.3. The van der Waals surface area contributed by atoms with E-state index in [9.17, 15) is 14.4 Å². The number of nitrogens with zero attached hydrogens (tertiary/aromatic N) is 4. The summed E-state index contributed by atoms with van der Waals surface area (Å²) in [5.74, 6) is 0.680. The fraction of sp³-hybridized carbons (Fsp3) is 0.462. The number of fused-ring (bicyclic) bond motifs is 1. The van der Waals surface area contributed by atoms with Gasteiger partial charge in [-0.3, -0.25) is 9.59 Å². The number of hydrogen-bond acceptors (Lipinski definition) is 9. The first-order valence-corrected chi connectivity index (χ1v) is 13.0. The van der Waals surface area contributed by atoms with Gasteiger partial charge in [-0.15, -0.1) is 0 Å². The Morgan fingerprint density at radius 2 is 1.78 bits per heavy atom. The second-order valence-corrected chi connectivity index (χ2v) is 9.62. The van der Waals surface area contributed by atoms with Crippen LogP contribution < -0.4 is 9.47 Å². The Labute approximate surface area is 220 Å². The zero-order chi connectivity index (χ0) is 26.7. The number of thioether (sulfide) groups is 1. The van der Waals surface area contributed by atoms with Crippen LogP contribution in [0, 0.1) is 0 Å². The maximum atomic E-state index is 13.3. The average molecular weight is 529 g/mol. The Morgan fingerprint density at radius 1 is 1.08 bits per heavy atom. The van der Waals surface area contributed by atoms with Crippen molar-refractivity contribution in [3.8, 4) is 11.5 Å². The summed E-state index contributed by atoms with van der Waals surface area (Å²) < 4.78 is 16.6. The van der Waals surface area contributed by atoms with Crippen LogP contribution in [0.2, 0.25) is 0 Å². The van der Waals surface area contributed by atoms with Crippen molar-refractivity contribution in [3.05, 3.63) is 46.1 Å². The van der Waals surface area contributed by atoms with E-state index in [0.29, 0.717) is 59.7 Å². The summed E-state index contributed by atoms with van der Waals surface area (Å²) in [6.07, 6.45) is 0.129. The molecule has 0 saturated carbocycles. The van der Waals surface area contributed by atoms with E-state index in [1.807, 2.05) is 16.4 Å². The molecule has 198 valence electrons. The standard InChI is InChI=1S/C26H32N4O6S/c1-6-36-25(33)23-16(2)27-26-30(24(23)20-14-19(34-4)7-8-21(20)35-5)18(15-37-26)13-22(32)29-11-9-28(10-12-29)17(3)31/h7-8,14-15,24H,6,9-13H2,1-5H3/t24-/m0/s1. The number of carbonyl (C=O) groups is 3. The lowest BCUT2D eigenvalue weighted by Crippen LogP contribution is -2.50. The molecule has 2 amide bonds. The van der Waals surface area contributed by atoms with Crippen LogP contribution in [0.5, 0.6) is 11.5 Å². The molecule has 10 nitrogen and oxygen atoms in total. The van der Waals surface area contributed by atoms with Gasteiger partial charge < -0.3 is 28.9 Å². The Morgan fingerprint density at radius 3 is 2.41 bits per heavy atom. The maximum Gasteiger partial charge on any atom is 0.338 e. The maximum absolute atomic E-state index is 13.3. The molecule has 0 spiro atoms. The number of methoxy groups -OCH3 is 2. The van der Waals surface area contributed by atoms with Gasteiger partial charge in [0.2, 0.25) is 11.8 Å². The highest BCUT2D eigenvalue weighted by Crippen LogP contribution is 2.47. The van der Waals surface area contributed by atoms with Crippen molar-refractivity contribution >= 4 is 34.7 Å². The van der Waals surface area contributed by atoms with Gasteiger partial charge >= 0.3 is 5.97 Å². The molecule has 1 aromatic carbocycles. The molecule has 0 aromatic heterocycles. The monoisotopic (exact) mass is 528 g/mol. The van der Waals surface area contributed by atoms with Crippen LogP contribution >= 0.6 is 11.8 Å². The molecule has 3 heterocycles. The molecular weight excluding hydrogens is 496 g/mol. The number of benzene rings is 1. The van der Waals surface area contributed by atoms with Crippen LogP contribution in [0.1, 0.15) is 38.8 Å². The van der Waals surface area contributed by atoms with Gasteiger partial charge in [-0.05, 0) is 37.5 Å². The third-order valence-electron chi connectivity index (χ3n) is 6.64. The lowest BCUT2D eigenvalue weighted by molar-refractivity contribution is -0.139. The molecule has 1 aromatic rings. The number of piperazine rings is 1. The highest BCUT2D eigenvalue weighted by molar-refractivity contribution is 8.16. The third kappa shape index (κ3) is 5.31. The van der Waals surface area contributed by atoms with Gasteiger partial charge in [-0.2, -0.15) is 0 Å². The zero-order valence-corrected chi connectivity index (χ0v) is 22.6. The van der Waals surface area contributed by atoms with Gasteiger partial charge in [0, 0.05) is 44.4 Å². The van der Waals surface area contributed by atoms with Crippen LogP contribution in [-0.4, -0.2) is 84.7 Å². The summed E-state index contributed by atoms with van der Waals surface area (Å²) in [6.45, 7) is 7.31. The number of aliphatic imine (C=N–C) groups is 1. The third-order valence-corrected chi connectivity index (χ3v) is 7.53. The van der Waals surface area contributed by atoms with Gasteiger partial charge in [0.05, 0.1) is 44.6 Å². The quantitative estimate of drug-likeness (QED) is 0.498. The van der Waals surface area contributed by atoms with E-state index in [4.69, 9.17) is 19.2 Å². The lowest BCUT2D eigenvalue weighted by atomic mass is 9.92. The summed E-state index contributed by atoms with van der Waals surface area (Å²) in [6, 6.07) is 4.80. The van der Waals surface area contributed by atoms with E-state index >= 15 is 0 Å². The number of hydrogen-bond donors (Lipinski definition) is 0. The molecule has 1 saturated heterocycles. The van der Waals surface area contributed by atoms with Crippen LogP contribution in [0.3, 0.4) is 0 Å². The van der Waals surface area contributed by atoms with Gasteiger partial charge in [0.25, 0.3) is 0 Å². The molecule has 0 bridgehead atoms. The van der Waals surface area contributed by atoms with Gasteiger partial charge in [-0.1, -0.05) is 11.8 Å². The molecule has 3 aliphatic rings. The second kappa shape index (κ2) is 11.3. The SMILES string of the molecule is CCOC(=O)C1=C(C)N=C2SC=C(CC(=O)N3CCN(C(C)=O)CC3)N2[C@H]1c1cc(OC)ccc1OC. The average Bonchev–Trinajstić information content (AvgIpc) is 3.29. The largest absolute Gasteiger partial charge is 0.497 e. The highest BCUT2D eigenvalue weighted by atomic mass is 32.2. The molecule has 0 radical (unpaired) electrons. The minimum Gasteiger partial charge on any atom is -0.497 e. The molecule has 3 aliphatic heterocycles. The molecular formula is C26H32N4O6S. The van der Waals surface area contributed by atoms with Crippen LogP contribution in [0.4, 0.5) is 0 Å². The van der Waals surface area contributed by atoms with E-state index in [1.54, 1.807) is 56.9 Å². The molecule has 11 heteroatoms. The molecule has 37 heavy (non-hydrogen) atoms. The van der Waals surface area contributed by atoms with E-state index < -0.39 is 12.0 Å². The Hall–Kier alpha value is -3.47. The van der Waals surface area contributed by atoms with Gasteiger partial charge in [-0.25, -0.2) is 9.79 Å². The molecule has 0 N–H and O–H groups in total. The number of amidine groups is 1. The summed E-state index contributed by atoms with van der Waals surface area (Å²) in [5, 5.41) is 2.58. The number of rotatable bonds is 7. The van der Waals surface area contributed by atoms with E-state index in [0.717, 1.165) is 5.70 Å². The van der Waals surface area contributed by atoms with Crippen molar-refractivity contribution in [2.45, 2.75) is 33.2 Å². The van der Waals surface area contributed by atoms with Crippen molar-refractivity contribution in [3.63, 3.8) is 0 Å². The number of allylic oxidation sites excluding steroid dienone is 1.